The van der Waals surface area contributed by atoms with Gasteiger partial charge in [-0.1, -0.05) is 18.2 Å². The van der Waals surface area contributed by atoms with Gasteiger partial charge in [-0.25, -0.2) is 0 Å². The van der Waals surface area contributed by atoms with Gasteiger partial charge in [-0.2, -0.15) is 0 Å². The highest BCUT2D eigenvalue weighted by Gasteiger charge is 2.04. The van der Waals surface area contributed by atoms with Crippen LogP contribution in [0, 0.1) is 13.8 Å². The van der Waals surface area contributed by atoms with E-state index in [1.165, 1.54) is 0 Å². The Hall–Kier alpha value is -2.33. The average molecular weight is 284 g/mol. The van der Waals surface area contributed by atoms with E-state index in [-0.39, 0.29) is 12.5 Å². The lowest BCUT2D eigenvalue weighted by atomic mass is 10.1. The summed E-state index contributed by atoms with van der Waals surface area (Å²) in [6.07, 6.45) is 0. The first-order valence-corrected chi connectivity index (χ1v) is 6.87. The van der Waals surface area contributed by atoms with Gasteiger partial charge in [-0.15, -0.1) is 0 Å². The first-order valence-electron chi connectivity index (χ1n) is 6.87. The third-order valence-corrected chi connectivity index (χ3v) is 3.04. The maximum Gasteiger partial charge on any atom is 0.262 e. The van der Waals surface area contributed by atoms with Crippen molar-refractivity contribution in [2.45, 2.75) is 20.4 Å². The molecule has 0 aliphatic rings. The fourth-order valence-corrected chi connectivity index (χ4v) is 2.09. The normalized spacial score (nSPS) is 10.2. The van der Waals surface area contributed by atoms with Crippen molar-refractivity contribution < 1.29 is 9.53 Å². The number of hydrogen-bond acceptors (Lipinski definition) is 3. The molecule has 0 fully saturated rings. The Bertz CT molecular complexity index is 601. The third kappa shape index (κ3) is 4.61. The molecular formula is C17H20N2O2. The molecule has 1 amide bonds. The van der Waals surface area contributed by atoms with Crippen molar-refractivity contribution in [3.63, 3.8) is 0 Å². The van der Waals surface area contributed by atoms with E-state index in [4.69, 9.17) is 10.5 Å². The fraction of sp³-hybridized carbons (Fsp3) is 0.235. The molecule has 21 heavy (non-hydrogen) atoms. The Morgan fingerprint density at radius 3 is 2.29 bits per heavy atom. The second-order valence-corrected chi connectivity index (χ2v) is 5.06. The van der Waals surface area contributed by atoms with Crippen LogP contribution in [0.25, 0.3) is 0 Å². The van der Waals surface area contributed by atoms with Gasteiger partial charge < -0.3 is 15.8 Å². The summed E-state index contributed by atoms with van der Waals surface area (Å²) in [5.41, 5.74) is 9.52. The van der Waals surface area contributed by atoms with E-state index >= 15 is 0 Å². The molecule has 2 aromatic rings. The number of benzene rings is 2. The summed E-state index contributed by atoms with van der Waals surface area (Å²) in [6, 6.07) is 13.3. The number of carbonyl (C=O) groups excluding carboxylic acids is 1. The standard InChI is InChI=1S/C17H20N2O2/c1-12-7-13(2)9-16(8-12)21-11-17(20)19-15-5-3-14(10-18)4-6-15/h3-9H,10-11,18H2,1-2H3,(H,19,20). The summed E-state index contributed by atoms with van der Waals surface area (Å²) in [5.74, 6) is 0.524. The molecule has 0 aliphatic heterocycles. The van der Waals surface area contributed by atoms with Gasteiger partial charge >= 0.3 is 0 Å². The highest BCUT2D eigenvalue weighted by molar-refractivity contribution is 5.91. The number of aryl methyl sites for hydroxylation is 2. The first-order chi connectivity index (χ1) is 10.1. The van der Waals surface area contributed by atoms with Crippen molar-refractivity contribution in [3.05, 3.63) is 59.2 Å². The van der Waals surface area contributed by atoms with Gasteiger partial charge in [0.25, 0.3) is 5.91 Å². The zero-order valence-corrected chi connectivity index (χ0v) is 12.3. The minimum atomic E-state index is -0.186. The molecule has 0 heterocycles. The zero-order valence-electron chi connectivity index (χ0n) is 12.3. The Labute approximate surface area is 124 Å². The molecule has 0 spiro atoms. The number of amides is 1. The van der Waals surface area contributed by atoms with Crippen LogP contribution in [0.2, 0.25) is 0 Å². The molecule has 0 saturated carbocycles. The number of rotatable bonds is 5. The molecule has 0 atom stereocenters. The van der Waals surface area contributed by atoms with E-state index in [1.807, 2.05) is 50.2 Å². The minimum absolute atomic E-state index is 0.0124. The van der Waals surface area contributed by atoms with E-state index in [1.54, 1.807) is 0 Å². The number of anilines is 1. The molecule has 4 nitrogen and oxygen atoms in total. The molecule has 0 radical (unpaired) electrons. The molecule has 4 heteroatoms. The molecule has 0 unspecified atom stereocenters. The second kappa shape index (κ2) is 6.90. The fourth-order valence-electron chi connectivity index (χ4n) is 2.09. The van der Waals surface area contributed by atoms with Crippen LogP contribution in [-0.4, -0.2) is 12.5 Å². The molecule has 0 aromatic heterocycles. The van der Waals surface area contributed by atoms with E-state index in [0.717, 1.165) is 22.4 Å². The van der Waals surface area contributed by atoms with Crippen LogP contribution in [0.1, 0.15) is 16.7 Å². The second-order valence-electron chi connectivity index (χ2n) is 5.06. The van der Waals surface area contributed by atoms with Gasteiger partial charge in [-0.05, 0) is 54.8 Å². The highest BCUT2D eigenvalue weighted by atomic mass is 16.5. The van der Waals surface area contributed by atoms with E-state index < -0.39 is 0 Å². The highest BCUT2D eigenvalue weighted by Crippen LogP contribution is 2.16. The van der Waals surface area contributed by atoms with E-state index in [9.17, 15) is 4.79 Å². The predicted molar refractivity (Wildman–Crippen MR) is 84.4 cm³/mol. The molecule has 0 aliphatic carbocycles. The summed E-state index contributed by atoms with van der Waals surface area (Å²) >= 11 is 0. The first kappa shape index (κ1) is 15.1. The van der Waals surface area contributed by atoms with Crippen molar-refractivity contribution in [1.82, 2.24) is 0 Å². The molecular weight excluding hydrogens is 264 g/mol. The summed E-state index contributed by atoms with van der Waals surface area (Å²) < 4.78 is 5.51. The van der Waals surface area contributed by atoms with Gasteiger partial charge in [0.15, 0.2) is 6.61 Å². The molecule has 0 saturated heterocycles. The number of carbonyl (C=O) groups is 1. The van der Waals surface area contributed by atoms with Crippen molar-refractivity contribution in [1.29, 1.82) is 0 Å². The lowest BCUT2D eigenvalue weighted by Gasteiger charge is -2.09. The zero-order chi connectivity index (χ0) is 15.2. The van der Waals surface area contributed by atoms with E-state index in [0.29, 0.717) is 12.3 Å². The monoisotopic (exact) mass is 284 g/mol. The summed E-state index contributed by atoms with van der Waals surface area (Å²) in [4.78, 5) is 11.8. The Kier molecular flexibility index (Phi) is 4.95. The van der Waals surface area contributed by atoms with Gasteiger partial charge in [-0.3, -0.25) is 4.79 Å². The van der Waals surface area contributed by atoms with Crippen LogP contribution in [0.15, 0.2) is 42.5 Å². The number of nitrogens with one attached hydrogen (secondary N) is 1. The number of nitrogens with two attached hydrogens (primary N) is 1. The Balaban J connectivity index is 1.89. The van der Waals surface area contributed by atoms with Crippen LogP contribution in [0.3, 0.4) is 0 Å². The van der Waals surface area contributed by atoms with Crippen LogP contribution in [-0.2, 0) is 11.3 Å². The van der Waals surface area contributed by atoms with Crippen molar-refractivity contribution in [2.24, 2.45) is 5.73 Å². The maximum atomic E-state index is 11.8. The number of hydrogen-bond donors (Lipinski definition) is 2. The SMILES string of the molecule is Cc1cc(C)cc(OCC(=O)Nc2ccc(CN)cc2)c1. The van der Waals surface area contributed by atoms with Crippen LogP contribution < -0.4 is 15.8 Å². The minimum Gasteiger partial charge on any atom is -0.484 e. The van der Waals surface area contributed by atoms with Gasteiger partial charge in [0, 0.05) is 12.2 Å². The third-order valence-electron chi connectivity index (χ3n) is 3.04. The smallest absolute Gasteiger partial charge is 0.262 e. The number of ether oxygens (including phenoxy) is 1. The van der Waals surface area contributed by atoms with Crippen molar-refractivity contribution in [2.75, 3.05) is 11.9 Å². The predicted octanol–water partition coefficient (Wildman–Crippen LogP) is 2.78. The molecule has 110 valence electrons. The lowest BCUT2D eigenvalue weighted by Crippen LogP contribution is -2.20. The molecule has 2 rings (SSSR count). The van der Waals surface area contributed by atoms with Crippen LogP contribution in [0.4, 0.5) is 5.69 Å². The van der Waals surface area contributed by atoms with Crippen LogP contribution >= 0.6 is 0 Å². The molecule has 3 N–H and O–H groups in total. The summed E-state index contributed by atoms with van der Waals surface area (Å²) in [5, 5.41) is 2.79. The maximum absolute atomic E-state index is 11.8. The van der Waals surface area contributed by atoms with Crippen molar-refractivity contribution in [3.8, 4) is 5.75 Å². The lowest BCUT2D eigenvalue weighted by molar-refractivity contribution is -0.118. The van der Waals surface area contributed by atoms with E-state index in [2.05, 4.69) is 11.4 Å². The topological polar surface area (TPSA) is 64.3 Å². The largest absolute Gasteiger partial charge is 0.484 e. The Morgan fingerprint density at radius 1 is 1.10 bits per heavy atom. The molecule has 2 aromatic carbocycles. The van der Waals surface area contributed by atoms with Gasteiger partial charge in [0.1, 0.15) is 5.75 Å². The quantitative estimate of drug-likeness (QED) is 0.887. The average Bonchev–Trinajstić information content (AvgIpc) is 2.45. The Morgan fingerprint density at radius 2 is 1.71 bits per heavy atom. The van der Waals surface area contributed by atoms with Crippen LogP contribution in [0.5, 0.6) is 5.75 Å². The van der Waals surface area contributed by atoms with Gasteiger partial charge in [0.2, 0.25) is 0 Å². The van der Waals surface area contributed by atoms with Crippen molar-refractivity contribution >= 4 is 11.6 Å². The summed E-state index contributed by atoms with van der Waals surface area (Å²) in [6.45, 7) is 4.48. The molecule has 0 bridgehead atoms. The summed E-state index contributed by atoms with van der Waals surface area (Å²) in [7, 11) is 0. The van der Waals surface area contributed by atoms with Gasteiger partial charge in [0.05, 0.1) is 0 Å².